The van der Waals surface area contributed by atoms with Crippen molar-refractivity contribution in [2.45, 2.75) is 13.1 Å². The van der Waals surface area contributed by atoms with Crippen LogP contribution in [0.1, 0.15) is 11.4 Å². The average Bonchev–Trinajstić information content (AvgIpc) is 2.96. The molecule has 18 heavy (non-hydrogen) atoms. The zero-order valence-electron chi connectivity index (χ0n) is 9.90. The Morgan fingerprint density at radius 2 is 2.06 bits per heavy atom. The van der Waals surface area contributed by atoms with Crippen LogP contribution in [0.5, 0.6) is 0 Å². The van der Waals surface area contributed by atoms with Crippen LogP contribution in [0.4, 0.5) is 4.79 Å². The first-order chi connectivity index (χ1) is 8.58. The van der Waals surface area contributed by atoms with Gasteiger partial charge in [0, 0.05) is 14.1 Å². The summed E-state index contributed by atoms with van der Waals surface area (Å²) >= 11 is 0. The molecule has 0 saturated heterocycles. The summed E-state index contributed by atoms with van der Waals surface area (Å²) in [6, 6.07) is 0. The van der Waals surface area contributed by atoms with Gasteiger partial charge in [0.05, 0.1) is 24.5 Å². The lowest BCUT2D eigenvalue weighted by Crippen LogP contribution is -2.24. The zero-order valence-corrected chi connectivity index (χ0v) is 9.90. The third kappa shape index (κ3) is 1.36. The number of aromatic nitrogens is 6. The molecule has 0 aromatic carbocycles. The van der Waals surface area contributed by atoms with Crippen molar-refractivity contribution in [3.05, 3.63) is 11.4 Å². The molecule has 1 amide bonds. The van der Waals surface area contributed by atoms with Crippen LogP contribution in [0.3, 0.4) is 0 Å². The first-order valence-corrected chi connectivity index (χ1v) is 5.33. The number of nitrogens with zero attached hydrogens (tertiary/aromatic N) is 7. The summed E-state index contributed by atoms with van der Waals surface area (Å²) in [6.45, 7) is 0.656. The number of carbonyl (C=O) groups is 1. The van der Waals surface area contributed by atoms with Crippen molar-refractivity contribution in [3.63, 3.8) is 0 Å². The van der Waals surface area contributed by atoms with Crippen molar-refractivity contribution in [2.75, 3.05) is 0 Å². The van der Waals surface area contributed by atoms with Gasteiger partial charge >= 0.3 is 6.09 Å². The van der Waals surface area contributed by atoms with Gasteiger partial charge in [0.2, 0.25) is 5.82 Å². The van der Waals surface area contributed by atoms with Gasteiger partial charge in [-0.3, -0.25) is 4.90 Å². The Morgan fingerprint density at radius 3 is 2.61 bits per heavy atom. The number of hydrogen-bond acceptors (Lipinski definition) is 5. The number of rotatable bonds is 1. The second-order valence-corrected chi connectivity index (χ2v) is 4.15. The van der Waals surface area contributed by atoms with Crippen LogP contribution >= 0.6 is 0 Å². The molecule has 0 radical (unpaired) electrons. The highest BCUT2D eigenvalue weighted by atomic mass is 16.4. The Bertz CT molecular complexity index is 629. The predicted molar refractivity (Wildman–Crippen MR) is 58.3 cm³/mol. The lowest BCUT2D eigenvalue weighted by Gasteiger charge is -2.11. The van der Waals surface area contributed by atoms with Crippen LogP contribution in [0, 0.1) is 0 Å². The molecule has 2 aromatic heterocycles. The van der Waals surface area contributed by atoms with E-state index in [2.05, 4.69) is 20.5 Å². The molecule has 2 aromatic rings. The summed E-state index contributed by atoms with van der Waals surface area (Å²) in [6.07, 6.45) is -0.935. The van der Waals surface area contributed by atoms with Gasteiger partial charge in [-0.2, -0.15) is 0 Å². The molecule has 0 fully saturated rings. The van der Waals surface area contributed by atoms with E-state index in [1.54, 1.807) is 7.05 Å². The molecule has 1 N–H and O–H groups in total. The molecule has 3 rings (SSSR count). The number of carboxylic acid groups (broad SMARTS) is 1. The minimum atomic E-state index is -0.935. The summed E-state index contributed by atoms with van der Waals surface area (Å²) in [5, 5.41) is 20.2. The van der Waals surface area contributed by atoms with Crippen molar-refractivity contribution in [1.29, 1.82) is 0 Å². The van der Waals surface area contributed by atoms with Crippen LogP contribution in [0.15, 0.2) is 0 Å². The summed E-state index contributed by atoms with van der Waals surface area (Å²) < 4.78 is 3.37. The maximum atomic E-state index is 10.9. The molecule has 0 bridgehead atoms. The maximum absolute atomic E-state index is 10.9. The second-order valence-electron chi connectivity index (χ2n) is 4.15. The first-order valence-electron chi connectivity index (χ1n) is 5.33. The Labute approximate surface area is 102 Å². The molecule has 9 heteroatoms. The van der Waals surface area contributed by atoms with Gasteiger partial charge in [-0.1, -0.05) is 0 Å². The SMILES string of the molecule is Cn1nnnc1-c1nc2c(n1C)CN(C(=O)O)C2. The van der Waals surface area contributed by atoms with Crippen molar-refractivity contribution in [2.24, 2.45) is 14.1 Å². The zero-order chi connectivity index (χ0) is 12.9. The Hall–Kier alpha value is -2.45. The summed E-state index contributed by atoms with van der Waals surface area (Å²) in [5.74, 6) is 1.21. The van der Waals surface area contributed by atoms with Gasteiger partial charge in [-0.15, -0.1) is 5.10 Å². The van der Waals surface area contributed by atoms with Crippen molar-refractivity contribution < 1.29 is 9.90 Å². The number of tetrazole rings is 1. The van der Waals surface area contributed by atoms with Gasteiger partial charge in [0.1, 0.15) is 0 Å². The standard InChI is InChI=1S/C9H11N7O2/c1-14-6-4-16(9(17)18)3-5(6)10-7(14)8-11-12-13-15(8)2/h3-4H2,1-2H3,(H,17,18). The lowest BCUT2D eigenvalue weighted by molar-refractivity contribution is 0.144. The third-order valence-corrected chi connectivity index (χ3v) is 3.07. The smallest absolute Gasteiger partial charge is 0.408 e. The van der Waals surface area contributed by atoms with Crippen LogP contribution < -0.4 is 0 Å². The van der Waals surface area contributed by atoms with Gasteiger partial charge in [0.25, 0.3) is 0 Å². The summed E-state index contributed by atoms with van der Waals surface area (Å²) in [7, 11) is 3.57. The van der Waals surface area contributed by atoms with E-state index >= 15 is 0 Å². The fraction of sp³-hybridized carbons (Fsp3) is 0.444. The first kappa shape index (κ1) is 10.7. The van der Waals surface area contributed by atoms with Crippen molar-refractivity contribution in [3.8, 4) is 11.6 Å². The molecule has 0 unspecified atom stereocenters. The minimum absolute atomic E-state index is 0.309. The van der Waals surface area contributed by atoms with Crippen LogP contribution in [-0.2, 0) is 27.2 Å². The molecular weight excluding hydrogens is 238 g/mol. The third-order valence-electron chi connectivity index (χ3n) is 3.07. The monoisotopic (exact) mass is 249 g/mol. The van der Waals surface area contributed by atoms with Gasteiger partial charge in [-0.25, -0.2) is 14.5 Å². The second kappa shape index (κ2) is 3.52. The number of hydrogen-bond donors (Lipinski definition) is 1. The Balaban J connectivity index is 2.02. The van der Waals surface area contributed by atoms with Crippen molar-refractivity contribution >= 4 is 6.09 Å². The van der Waals surface area contributed by atoms with Gasteiger partial charge in [0.15, 0.2) is 5.82 Å². The molecule has 0 aliphatic carbocycles. The molecule has 94 valence electrons. The van der Waals surface area contributed by atoms with Gasteiger partial charge < -0.3 is 9.67 Å². The van der Waals surface area contributed by atoms with Gasteiger partial charge in [-0.05, 0) is 10.4 Å². The molecule has 9 nitrogen and oxygen atoms in total. The van der Waals surface area contributed by atoms with E-state index < -0.39 is 6.09 Å². The largest absolute Gasteiger partial charge is 0.465 e. The molecule has 1 aliphatic rings. The predicted octanol–water partition coefficient (Wildman–Crippen LogP) is -0.396. The quantitative estimate of drug-likeness (QED) is 0.738. The molecule has 0 saturated carbocycles. The molecule has 0 spiro atoms. The Morgan fingerprint density at radius 1 is 1.28 bits per heavy atom. The van der Waals surface area contributed by atoms with E-state index in [9.17, 15) is 4.79 Å². The van der Waals surface area contributed by atoms with E-state index in [1.807, 2.05) is 11.6 Å². The number of fused-ring (bicyclic) bond motifs is 1. The van der Waals surface area contributed by atoms with E-state index in [0.29, 0.717) is 24.7 Å². The minimum Gasteiger partial charge on any atom is -0.465 e. The highest BCUT2D eigenvalue weighted by Gasteiger charge is 2.29. The summed E-state index contributed by atoms with van der Waals surface area (Å²) in [4.78, 5) is 16.6. The van der Waals surface area contributed by atoms with Crippen LogP contribution in [-0.4, -0.2) is 45.9 Å². The number of aryl methyl sites for hydroxylation is 1. The van der Waals surface area contributed by atoms with Crippen LogP contribution in [0.25, 0.3) is 11.6 Å². The Kier molecular flexibility index (Phi) is 2.09. The molecule has 0 atom stereocenters. The number of amides is 1. The molecular formula is C9H11N7O2. The maximum Gasteiger partial charge on any atom is 0.408 e. The molecule has 1 aliphatic heterocycles. The fourth-order valence-corrected chi connectivity index (χ4v) is 2.08. The van der Waals surface area contributed by atoms with Crippen molar-refractivity contribution in [1.82, 2.24) is 34.7 Å². The lowest BCUT2D eigenvalue weighted by atomic mass is 10.4. The number of imidazole rings is 1. The van der Waals surface area contributed by atoms with Crippen LogP contribution in [0.2, 0.25) is 0 Å². The van der Waals surface area contributed by atoms with E-state index in [1.165, 1.54) is 9.58 Å². The molecule has 3 heterocycles. The summed E-state index contributed by atoms with van der Waals surface area (Å²) in [5.41, 5.74) is 1.65. The highest BCUT2D eigenvalue weighted by Crippen LogP contribution is 2.26. The van der Waals surface area contributed by atoms with E-state index in [-0.39, 0.29) is 0 Å². The highest BCUT2D eigenvalue weighted by molar-refractivity contribution is 5.66. The normalized spacial score (nSPS) is 14.0. The van der Waals surface area contributed by atoms with E-state index in [4.69, 9.17) is 5.11 Å². The topological polar surface area (TPSA) is 102 Å². The fourth-order valence-electron chi connectivity index (χ4n) is 2.08. The average molecular weight is 249 g/mol. The van der Waals surface area contributed by atoms with E-state index in [0.717, 1.165) is 11.4 Å².